The van der Waals surface area contributed by atoms with Gasteiger partial charge in [-0.05, 0) is 17.5 Å². The highest BCUT2D eigenvalue weighted by Gasteiger charge is 2.20. The molecule has 0 aliphatic rings. The van der Waals surface area contributed by atoms with Crippen LogP contribution in [0.5, 0.6) is 0 Å². The fraction of sp³-hybridized carbons (Fsp3) is 0.600. The largest absolute Gasteiger partial charge is 0.314 e. The normalized spacial score (nSPS) is 14.9. The number of hydrogen-bond donors (Lipinski definition) is 1. The highest BCUT2D eigenvalue weighted by atomic mass is 35.5. The predicted octanol–water partition coefficient (Wildman–Crippen LogP) is 4.47. The molecule has 0 saturated heterocycles. The Balaban J connectivity index is 2.86. The van der Waals surface area contributed by atoms with E-state index in [0.717, 1.165) is 11.6 Å². The van der Waals surface area contributed by atoms with E-state index in [9.17, 15) is 0 Å². The molecule has 1 N–H and O–H groups in total. The molecule has 0 amide bonds. The van der Waals surface area contributed by atoms with Gasteiger partial charge in [-0.1, -0.05) is 63.9 Å². The second-order valence-electron chi connectivity index (χ2n) is 5.08. The van der Waals surface area contributed by atoms with Crippen LogP contribution in [0.1, 0.15) is 45.6 Å². The lowest BCUT2D eigenvalue weighted by Gasteiger charge is -2.26. The average Bonchev–Trinajstić information content (AvgIpc) is 2.30. The van der Waals surface area contributed by atoms with Crippen molar-refractivity contribution in [3.8, 4) is 0 Å². The van der Waals surface area contributed by atoms with Crippen molar-refractivity contribution < 1.29 is 0 Å². The Morgan fingerprint density at radius 2 is 1.82 bits per heavy atom. The van der Waals surface area contributed by atoms with Gasteiger partial charge in [0.2, 0.25) is 0 Å². The van der Waals surface area contributed by atoms with Gasteiger partial charge in [-0.15, -0.1) is 0 Å². The third-order valence-electron chi connectivity index (χ3n) is 3.38. The zero-order chi connectivity index (χ0) is 12.8. The summed E-state index contributed by atoms with van der Waals surface area (Å²) in [7, 11) is 0. The zero-order valence-corrected chi connectivity index (χ0v) is 12.1. The molecule has 0 aliphatic carbocycles. The summed E-state index contributed by atoms with van der Waals surface area (Å²) in [6, 6.07) is 8.73. The van der Waals surface area contributed by atoms with Crippen LogP contribution < -0.4 is 5.32 Å². The fourth-order valence-electron chi connectivity index (χ4n) is 2.04. The SMILES string of the molecule is CCC(C)C(CNC(C)C)c1ccccc1Cl. The van der Waals surface area contributed by atoms with Gasteiger partial charge < -0.3 is 5.32 Å². The molecule has 1 rings (SSSR count). The first kappa shape index (κ1) is 14.5. The molecule has 0 aromatic heterocycles. The Morgan fingerprint density at radius 1 is 1.18 bits per heavy atom. The van der Waals surface area contributed by atoms with Gasteiger partial charge in [-0.2, -0.15) is 0 Å². The quantitative estimate of drug-likeness (QED) is 0.789. The molecule has 2 heteroatoms. The maximum atomic E-state index is 6.31. The van der Waals surface area contributed by atoms with E-state index >= 15 is 0 Å². The van der Waals surface area contributed by atoms with Gasteiger partial charge in [-0.25, -0.2) is 0 Å². The van der Waals surface area contributed by atoms with Crippen molar-refractivity contribution in [1.29, 1.82) is 0 Å². The Morgan fingerprint density at radius 3 is 2.35 bits per heavy atom. The first-order valence-electron chi connectivity index (χ1n) is 6.54. The molecule has 0 radical (unpaired) electrons. The summed E-state index contributed by atoms with van der Waals surface area (Å²) >= 11 is 6.31. The topological polar surface area (TPSA) is 12.0 Å². The van der Waals surface area contributed by atoms with Crippen LogP contribution in [0.3, 0.4) is 0 Å². The number of rotatable bonds is 6. The van der Waals surface area contributed by atoms with Crippen LogP contribution >= 0.6 is 11.6 Å². The van der Waals surface area contributed by atoms with Crippen molar-refractivity contribution in [1.82, 2.24) is 5.32 Å². The monoisotopic (exact) mass is 253 g/mol. The van der Waals surface area contributed by atoms with E-state index in [2.05, 4.69) is 45.1 Å². The van der Waals surface area contributed by atoms with Gasteiger partial charge in [0, 0.05) is 23.5 Å². The minimum Gasteiger partial charge on any atom is -0.314 e. The van der Waals surface area contributed by atoms with Crippen LogP contribution in [0.2, 0.25) is 5.02 Å². The van der Waals surface area contributed by atoms with E-state index in [0.29, 0.717) is 17.9 Å². The first-order chi connectivity index (χ1) is 8.06. The molecule has 0 spiro atoms. The molecule has 1 aromatic carbocycles. The standard InChI is InChI=1S/C15H24ClN/c1-5-12(4)14(10-17-11(2)3)13-8-6-7-9-15(13)16/h6-9,11-12,14,17H,5,10H2,1-4H3. The van der Waals surface area contributed by atoms with E-state index in [1.807, 2.05) is 12.1 Å². The van der Waals surface area contributed by atoms with Crippen LogP contribution in [-0.2, 0) is 0 Å². The maximum absolute atomic E-state index is 6.31. The van der Waals surface area contributed by atoms with E-state index in [1.54, 1.807) is 0 Å². The molecule has 17 heavy (non-hydrogen) atoms. The Hall–Kier alpha value is -0.530. The van der Waals surface area contributed by atoms with Gasteiger partial charge in [0.1, 0.15) is 0 Å². The molecular formula is C15H24ClN. The number of hydrogen-bond acceptors (Lipinski definition) is 1. The second kappa shape index (κ2) is 7.03. The fourth-order valence-corrected chi connectivity index (χ4v) is 2.32. The van der Waals surface area contributed by atoms with Crippen LogP contribution in [0, 0.1) is 5.92 Å². The summed E-state index contributed by atoms with van der Waals surface area (Å²) in [5.41, 5.74) is 1.27. The highest BCUT2D eigenvalue weighted by Crippen LogP contribution is 2.31. The summed E-state index contributed by atoms with van der Waals surface area (Å²) in [5, 5.41) is 4.42. The molecule has 0 bridgehead atoms. The Labute approximate surface area is 111 Å². The summed E-state index contributed by atoms with van der Waals surface area (Å²) in [5.74, 6) is 1.14. The van der Waals surface area contributed by atoms with Crippen LogP contribution in [0.4, 0.5) is 0 Å². The number of nitrogens with one attached hydrogen (secondary N) is 1. The van der Waals surface area contributed by atoms with Gasteiger partial charge >= 0.3 is 0 Å². The van der Waals surface area contributed by atoms with E-state index in [-0.39, 0.29) is 0 Å². The van der Waals surface area contributed by atoms with Crippen LogP contribution in [0.15, 0.2) is 24.3 Å². The van der Waals surface area contributed by atoms with Crippen molar-refractivity contribution >= 4 is 11.6 Å². The van der Waals surface area contributed by atoms with Gasteiger partial charge in [0.15, 0.2) is 0 Å². The molecule has 0 fully saturated rings. The lowest BCUT2D eigenvalue weighted by atomic mass is 9.85. The number of halogens is 1. The third-order valence-corrected chi connectivity index (χ3v) is 3.73. The van der Waals surface area contributed by atoms with Gasteiger partial charge in [-0.3, -0.25) is 0 Å². The van der Waals surface area contributed by atoms with E-state index in [1.165, 1.54) is 12.0 Å². The summed E-state index contributed by atoms with van der Waals surface area (Å²) in [4.78, 5) is 0. The molecule has 0 saturated carbocycles. The van der Waals surface area contributed by atoms with Crippen molar-refractivity contribution in [3.63, 3.8) is 0 Å². The minimum atomic E-state index is 0.496. The molecular weight excluding hydrogens is 230 g/mol. The Bertz CT molecular complexity index is 335. The average molecular weight is 254 g/mol. The lowest BCUT2D eigenvalue weighted by Crippen LogP contribution is -2.30. The zero-order valence-electron chi connectivity index (χ0n) is 11.3. The van der Waals surface area contributed by atoms with Crippen molar-refractivity contribution in [2.75, 3.05) is 6.54 Å². The van der Waals surface area contributed by atoms with E-state index < -0.39 is 0 Å². The minimum absolute atomic E-state index is 0.496. The van der Waals surface area contributed by atoms with Gasteiger partial charge in [0.05, 0.1) is 0 Å². The van der Waals surface area contributed by atoms with Crippen molar-refractivity contribution in [2.45, 2.75) is 46.1 Å². The van der Waals surface area contributed by atoms with Crippen molar-refractivity contribution in [3.05, 3.63) is 34.9 Å². The lowest BCUT2D eigenvalue weighted by molar-refractivity contribution is 0.407. The smallest absolute Gasteiger partial charge is 0.0441 e. The molecule has 96 valence electrons. The maximum Gasteiger partial charge on any atom is 0.0441 e. The van der Waals surface area contributed by atoms with E-state index in [4.69, 9.17) is 11.6 Å². The molecule has 0 heterocycles. The number of benzene rings is 1. The molecule has 1 aromatic rings. The highest BCUT2D eigenvalue weighted by molar-refractivity contribution is 6.31. The third kappa shape index (κ3) is 4.33. The molecule has 1 nitrogen and oxygen atoms in total. The van der Waals surface area contributed by atoms with Crippen molar-refractivity contribution in [2.24, 2.45) is 5.92 Å². The van der Waals surface area contributed by atoms with Crippen LogP contribution in [0.25, 0.3) is 0 Å². The first-order valence-corrected chi connectivity index (χ1v) is 6.91. The molecule has 2 atom stereocenters. The second-order valence-corrected chi connectivity index (χ2v) is 5.48. The molecule has 0 aliphatic heterocycles. The molecule has 2 unspecified atom stereocenters. The predicted molar refractivity (Wildman–Crippen MR) is 76.8 cm³/mol. The summed E-state index contributed by atoms with van der Waals surface area (Å²) in [6.45, 7) is 9.90. The Kier molecular flexibility index (Phi) is 6.01. The summed E-state index contributed by atoms with van der Waals surface area (Å²) in [6.07, 6.45) is 1.18. The van der Waals surface area contributed by atoms with Gasteiger partial charge in [0.25, 0.3) is 0 Å². The van der Waals surface area contributed by atoms with Crippen LogP contribution in [-0.4, -0.2) is 12.6 Å². The summed E-state index contributed by atoms with van der Waals surface area (Å²) < 4.78 is 0.